The first-order chi connectivity index (χ1) is 16.4. The van der Waals surface area contributed by atoms with Crippen LogP contribution in [0.1, 0.15) is 58.9 Å². The third kappa shape index (κ3) is 6.24. The Hall–Kier alpha value is -3.28. The van der Waals surface area contributed by atoms with Crippen molar-refractivity contribution >= 4 is 11.9 Å². The van der Waals surface area contributed by atoms with Gasteiger partial charge in [0.05, 0.1) is 17.8 Å². The van der Waals surface area contributed by atoms with Gasteiger partial charge in [-0.1, -0.05) is 19.9 Å². The largest absolute Gasteiger partial charge is 0.492 e. The zero-order chi connectivity index (χ0) is 25.9. The van der Waals surface area contributed by atoms with Crippen molar-refractivity contribution in [3.63, 3.8) is 0 Å². The molecule has 1 aliphatic heterocycles. The Labute approximate surface area is 198 Å². The number of benzene rings is 1. The number of aromatic nitrogens is 2. The SMILES string of the molecule is Cc1c(Cc2ccc(F)c(C(=O)N3CCCN(OC(=O)C(F)(F)F)CC3)c2)n[nH]c(=O)c1C(C)C. The predicted molar refractivity (Wildman–Crippen MR) is 117 cm³/mol. The van der Waals surface area contributed by atoms with E-state index in [0.29, 0.717) is 16.8 Å². The van der Waals surface area contributed by atoms with Gasteiger partial charge in [-0.2, -0.15) is 18.3 Å². The lowest BCUT2D eigenvalue weighted by atomic mass is 9.96. The van der Waals surface area contributed by atoms with Gasteiger partial charge >= 0.3 is 12.1 Å². The first-order valence-corrected chi connectivity index (χ1v) is 11.1. The van der Waals surface area contributed by atoms with Gasteiger partial charge in [0, 0.05) is 31.6 Å². The van der Waals surface area contributed by atoms with Crippen LogP contribution in [0.3, 0.4) is 0 Å². The molecule has 1 aromatic heterocycles. The van der Waals surface area contributed by atoms with Gasteiger partial charge in [-0.05, 0) is 42.5 Å². The molecule has 1 saturated heterocycles. The van der Waals surface area contributed by atoms with Crippen LogP contribution in [-0.2, 0) is 16.1 Å². The van der Waals surface area contributed by atoms with E-state index in [0.717, 1.165) is 10.6 Å². The van der Waals surface area contributed by atoms with Crippen LogP contribution >= 0.6 is 0 Å². The van der Waals surface area contributed by atoms with Gasteiger partial charge in [0.1, 0.15) is 5.82 Å². The van der Waals surface area contributed by atoms with E-state index in [-0.39, 0.29) is 56.1 Å². The van der Waals surface area contributed by atoms with Crippen LogP contribution in [0, 0.1) is 12.7 Å². The second kappa shape index (κ2) is 10.5. The Balaban J connectivity index is 1.76. The van der Waals surface area contributed by atoms with Gasteiger partial charge in [-0.3, -0.25) is 9.59 Å². The Kier molecular flexibility index (Phi) is 7.93. The fraction of sp³-hybridized carbons (Fsp3) is 0.478. The van der Waals surface area contributed by atoms with Crippen molar-refractivity contribution in [2.24, 2.45) is 0 Å². The minimum absolute atomic E-state index is 0.00343. The van der Waals surface area contributed by atoms with Crippen LogP contribution in [0.4, 0.5) is 17.6 Å². The molecule has 8 nitrogen and oxygen atoms in total. The van der Waals surface area contributed by atoms with E-state index < -0.39 is 23.9 Å². The molecule has 0 radical (unpaired) electrons. The Morgan fingerprint density at radius 3 is 2.54 bits per heavy atom. The van der Waals surface area contributed by atoms with Gasteiger partial charge in [0.2, 0.25) is 0 Å². The number of hydrogen-bond acceptors (Lipinski definition) is 6. The van der Waals surface area contributed by atoms with Crippen LogP contribution in [0.5, 0.6) is 0 Å². The summed E-state index contributed by atoms with van der Waals surface area (Å²) < 4.78 is 51.9. The lowest BCUT2D eigenvalue weighted by Crippen LogP contribution is -2.38. The van der Waals surface area contributed by atoms with Crippen LogP contribution < -0.4 is 5.56 Å². The molecule has 1 amide bonds. The number of amides is 1. The molecule has 12 heteroatoms. The molecule has 190 valence electrons. The first-order valence-electron chi connectivity index (χ1n) is 11.1. The summed E-state index contributed by atoms with van der Waals surface area (Å²) in [6.45, 7) is 5.53. The molecule has 1 N–H and O–H groups in total. The van der Waals surface area contributed by atoms with E-state index in [9.17, 15) is 31.9 Å². The molecule has 1 fully saturated rings. The Bertz CT molecular complexity index is 1160. The maximum atomic E-state index is 14.6. The molecular formula is C23H26F4N4O4. The molecule has 0 atom stereocenters. The molecule has 2 aromatic rings. The molecule has 1 aliphatic rings. The zero-order valence-electron chi connectivity index (χ0n) is 19.5. The summed E-state index contributed by atoms with van der Waals surface area (Å²) in [6.07, 6.45) is -4.64. The number of rotatable bonds is 5. The summed E-state index contributed by atoms with van der Waals surface area (Å²) in [7, 11) is 0. The van der Waals surface area contributed by atoms with Crippen LogP contribution in [-0.4, -0.2) is 64.4 Å². The molecular weight excluding hydrogens is 472 g/mol. The molecule has 0 aliphatic carbocycles. The first kappa shape index (κ1) is 26.3. The summed E-state index contributed by atoms with van der Waals surface area (Å²) >= 11 is 0. The highest BCUT2D eigenvalue weighted by molar-refractivity contribution is 5.94. The van der Waals surface area contributed by atoms with Crippen LogP contribution in [0.2, 0.25) is 0 Å². The number of nitrogens with zero attached hydrogens (tertiary/aromatic N) is 3. The zero-order valence-corrected chi connectivity index (χ0v) is 19.5. The summed E-state index contributed by atoms with van der Waals surface area (Å²) in [5, 5.41) is 7.44. The minimum Gasteiger partial charge on any atom is -0.361 e. The number of nitrogens with one attached hydrogen (secondary N) is 1. The van der Waals surface area contributed by atoms with E-state index in [1.807, 2.05) is 13.8 Å². The van der Waals surface area contributed by atoms with Crippen molar-refractivity contribution < 1.29 is 32.0 Å². The third-order valence-corrected chi connectivity index (χ3v) is 5.77. The van der Waals surface area contributed by atoms with Gasteiger partial charge in [0.15, 0.2) is 0 Å². The molecule has 1 aromatic carbocycles. The van der Waals surface area contributed by atoms with Crippen LogP contribution in [0.25, 0.3) is 0 Å². The lowest BCUT2D eigenvalue weighted by Gasteiger charge is -2.22. The number of aromatic amines is 1. The van der Waals surface area contributed by atoms with Gasteiger partial charge < -0.3 is 9.74 Å². The number of carbonyl (C=O) groups excluding carboxylic acids is 2. The van der Waals surface area contributed by atoms with Gasteiger partial charge in [-0.15, -0.1) is 5.06 Å². The van der Waals surface area contributed by atoms with E-state index in [1.54, 1.807) is 6.92 Å². The molecule has 2 heterocycles. The summed E-state index contributed by atoms with van der Waals surface area (Å²) in [5.41, 5.74) is 2.07. The smallest absolute Gasteiger partial charge is 0.361 e. The Morgan fingerprint density at radius 2 is 1.89 bits per heavy atom. The average molecular weight is 498 g/mol. The molecule has 0 bridgehead atoms. The van der Waals surface area contributed by atoms with Gasteiger partial charge in [0.25, 0.3) is 11.5 Å². The lowest BCUT2D eigenvalue weighted by molar-refractivity contribution is -0.237. The molecule has 0 unspecified atom stereocenters. The predicted octanol–water partition coefficient (Wildman–Crippen LogP) is 3.10. The van der Waals surface area contributed by atoms with Crippen molar-refractivity contribution in [2.45, 2.75) is 45.7 Å². The normalized spacial score (nSPS) is 15.3. The molecule has 35 heavy (non-hydrogen) atoms. The minimum atomic E-state index is -5.12. The van der Waals surface area contributed by atoms with Crippen molar-refractivity contribution in [3.8, 4) is 0 Å². The van der Waals surface area contributed by atoms with Crippen molar-refractivity contribution in [1.82, 2.24) is 20.2 Å². The van der Waals surface area contributed by atoms with E-state index in [4.69, 9.17) is 0 Å². The highest BCUT2D eigenvalue weighted by Crippen LogP contribution is 2.22. The summed E-state index contributed by atoms with van der Waals surface area (Å²) in [4.78, 5) is 41.9. The molecule has 0 spiro atoms. The van der Waals surface area contributed by atoms with Crippen molar-refractivity contribution in [1.29, 1.82) is 0 Å². The highest BCUT2D eigenvalue weighted by atomic mass is 19.4. The van der Waals surface area contributed by atoms with E-state index in [1.165, 1.54) is 23.1 Å². The fourth-order valence-electron chi connectivity index (χ4n) is 4.02. The average Bonchev–Trinajstić information content (AvgIpc) is 3.01. The standard InChI is InChI=1S/C23H26F4N4O4/c1-13(2)19-14(3)18(28-29-20(19)32)12-15-5-6-17(24)16(11-15)21(33)30-7-4-8-31(10-9-30)35-22(34)23(25,26)27/h5-6,11,13H,4,7-10,12H2,1-3H3,(H,29,32). The fourth-order valence-corrected chi connectivity index (χ4v) is 4.02. The second-order valence-electron chi connectivity index (χ2n) is 8.64. The molecule has 0 saturated carbocycles. The number of hydroxylamine groups is 2. The van der Waals surface area contributed by atoms with Gasteiger partial charge in [-0.25, -0.2) is 14.3 Å². The number of alkyl halides is 3. The Morgan fingerprint density at radius 1 is 1.17 bits per heavy atom. The van der Waals surface area contributed by atoms with Crippen LogP contribution in [0.15, 0.2) is 23.0 Å². The highest BCUT2D eigenvalue weighted by Gasteiger charge is 2.42. The van der Waals surface area contributed by atoms with Crippen molar-refractivity contribution in [2.75, 3.05) is 26.2 Å². The number of hydrogen-bond donors (Lipinski definition) is 1. The van der Waals surface area contributed by atoms with E-state index >= 15 is 0 Å². The summed E-state index contributed by atoms with van der Waals surface area (Å²) in [5.74, 6) is -3.72. The topological polar surface area (TPSA) is 95.6 Å². The summed E-state index contributed by atoms with van der Waals surface area (Å²) in [6, 6.07) is 4.10. The van der Waals surface area contributed by atoms with Crippen molar-refractivity contribution in [3.05, 3.63) is 62.3 Å². The second-order valence-corrected chi connectivity index (χ2v) is 8.64. The maximum Gasteiger partial charge on any atom is 0.492 e. The number of carbonyl (C=O) groups is 2. The van der Waals surface area contributed by atoms with E-state index in [2.05, 4.69) is 15.0 Å². The number of halogens is 4. The maximum absolute atomic E-state index is 14.6. The number of H-pyrrole nitrogens is 1. The third-order valence-electron chi connectivity index (χ3n) is 5.77. The molecule has 3 rings (SSSR count). The quantitative estimate of drug-likeness (QED) is 0.637. The monoisotopic (exact) mass is 498 g/mol.